The highest BCUT2D eigenvalue weighted by Crippen LogP contribution is 2.31. The number of rotatable bonds is 1. The van der Waals surface area contributed by atoms with E-state index in [4.69, 9.17) is 5.26 Å². The molecule has 0 saturated carbocycles. The number of nitriles is 1. The highest BCUT2D eigenvalue weighted by Gasteiger charge is 2.31. The highest BCUT2D eigenvalue weighted by atomic mass is 19.4. The second-order valence-electron chi connectivity index (χ2n) is 2.39. The molecular weight excluding hydrogens is 197 g/mol. The lowest BCUT2D eigenvalue weighted by Gasteiger charge is -2.07. The summed E-state index contributed by atoms with van der Waals surface area (Å²) in [5.74, 6) is -0.226. The van der Waals surface area contributed by atoms with Gasteiger partial charge in [0.2, 0.25) is 5.88 Å². The lowest BCUT2D eigenvalue weighted by Crippen LogP contribution is -2.06. The second kappa shape index (κ2) is 3.54. The van der Waals surface area contributed by atoms with Gasteiger partial charge in [0.05, 0.1) is 12.7 Å². The molecular formula is C8H5F3N2O. The molecule has 1 aromatic heterocycles. The molecule has 0 N–H and O–H groups in total. The summed E-state index contributed by atoms with van der Waals surface area (Å²) in [7, 11) is 1.18. The Morgan fingerprint density at radius 2 is 2.07 bits per heavy atom. The molecule has 1 rings (SSSR count). The number of aromatic nitrogens is 1. The fraction of sp³-hybridized carbons (Fsp3) is 0.250. The van der Waals surface area contributed by atoms with Crippen LogP contribution >= 0.6 is 0 Å². The van der Waals surface area contributed by atoms with Crippen LogP contribution in [0.1, 0.15) is 11.3 Å². The van der Waals surface area contributed by atoms with Crippen LogP contribution < -0.4 is 4.74 Å². The van der Waals surface area contributed by atoms with Crippen molar-refractivity contribution < 1.29 is 17.9 Å². The molecule has 0 atom stereocenters. The number of methoxy groups -OCH3 is 1. The van der Waals surface area contributed by atoms with Gasteiger partial charge in [0, 0.05) is 6.07 Å². The quantitative estimate of drug-likeness (QED) is 0.699. The van der Waals surface area contributed by atoms with E-state index in [-0.39, 0.29) is 11.6 Å². The van der Waals surface area contributed by atoms with Crippen LogP contribution in [-0.2, 0) is 6.18 Å². The number of alkyl halides is 3. The van der Waals surface area contributed by atoms with E-state index in [1.165, 1.54) is 13.2 Å². The Labute approximate surface area is 77.7 Å². The lowest BCUT2D eigenvalue weighted by atomic mass is 10.2. The molecule has 3 nitrogen and oxygen atoms in total. The van der Waals surface area contributed by atoms with Crippen LogP contribution in [0, 0.1) is 11.3 Å². The van der Waals surface area contributed by atoms with Gasteiger partial charge in [-0.1, -0.05) is 0 Å². The number of halogens is 3. The molecule has 0 spiro atoms. The molecule has 0 aromatic carbocycles. The zero-order valence-electron chi connectivity index (χ0n) is 7.09. The number of hydrogen-bond donors (Lipinski definition) is 0. The van der Waals surface area contributed by atoms with E-state index in [1.807, 2.05) is 0 Å². The van der Waals surface area contributed by atoms with Crippen LogP contribution in [0.15, 0.2) is 12.1 Å². The molecule has 0 amide bonds. The van der Waals surface area contributed by atoms with Gasteiger partial charge < -0.3 is 4.74 Å². The molecule has 0 unspecified atom stereocenters. The predicted octanol–water partition coefficient (Wildman–Crippen LogP) is 1.98. The van der Waals surface area contributed by atoms with Crippen molar-refractivity contribution in [2.24, 2.45) is 0 Å². The van der Waals surface area contributed by atoms with Gasteiger partial charge in [-0.3, -0.25) is 0 Å². The molecule has 14 heavy (non-hydrogen) atoms. The first-order chi connectivity index (χ1) is 6.47. The fourth-order valence-electron chi connectivity index (χ4n) is 0.831. The van der Waals surface area contributed by atoms with E-state index in [2.05, 4.69) is 9.72 Å². The first kappa shape index (κ1) is 10.3. The summed E-state index contributed by atoms with van der Waals surface area (Å²) < 4.78 is 41.2. The van der Waals surface area contributed by atoms with E-state index >= 15 is 0 Å². The van der Waals surface area contributed by atoms with E-state index in [0.29, 0.717) is 6.07 Å². The maximum Gasteiger partial charge on any atom is 0.416 e. The topological polar surface area (TPSA) is 45.9 Å². The van der Waals surface area contributed by atoms with E-state index in [1.54, 1.807) is 0 Å². The van der Waals surface area contributed by atoms with Crippen molar-refractivity contribution in [3.05, 3.63) is 23.4 Å². The minimum absolute atomic E-state index is 0.226. The van der Waals surface area contributed by atoms with Crippen molar-refractivity contribution in [2.75, 3.05) is 7.11 Å². The highest BCUT2D eigenvalue weighted by molar-refractivity contribution is 5.32. The largest absolute Gasteiger partial charge is 0.481 e. The van der Waals surface area contributed by atoms with Crippen molar-refractivity contribution in [2.45, 2.75) is 6.18 Å². The molecule has 6 heteroatoms. The van der Waals surface area contributed by atoms with Gasteiger partial charge in [-0.05, 0) is 6.07 Å². The van der Waals surface area contributed by atoms with E-state index < -0.39 is 11.7 Å². The summed E-state index contributed by atoms with van der Waals surface area (Å²) in [6, 6.07) is 2.93. The number of nitrogens with zero attached hydrogens (tertiary/aromatic N) is 2. The third-order valence-corrected chi connectivity index (χ3v) is 1.45. The molecule has 0 fully saturated rings. The van der Waals surface area contributed by atoms with Crippen LogP contribution in [0.4, 0.5) is 13.2 Å². The zero-order valence-corrected chi connectivity index (χ0v) is 7.09. The normalized spacial score (nSPS) is 10.8. The predicted molar refractivity (Wildman–Crippen MR) is 40.5 cm³/mol. The Bertz CT molecular complexity index is 381. The summed E-state index contributed by atoms with van der Waals surface area (Å²) in [5, 5.41) is 8.41. The van der Waals surface area contributed by atoms with Gasteiger partial charge >= 0.3 is 6.18 Å². The summed E-state index contributed by atoms with van der Waals surface area (Å²) >= 11 is 0. The van der Waals surface area contributed by atoms with Gasteiger partial charge in [0.1, 0.15) is 11.8 Å². The molecule has 0 aliphatic carbocycles. The van der Waals surface area contributed by atoms with Crippen LogP contribution in [0.3, 0.4) is 0 Å². The second-order valence-corrected chi connectivity index (χ2v) is 2.39. The first-order valence-corrected chi connectivity index (χ1v) is 3.50. The minimum atomic E-state index is -4.50. The monoisotopic (exact) mass is 202 g/mol. The molecule has 0 aliphatic rings. The Kier molecular flexibility index (Phi) is 2.60. The number of ether oxygens (including phenoxy) is 1. The number of hydrogen-bond acceptors (Lipinski definition) is 3. The summed E-state index contributed by atoms with van der Waals surface area (Å²) in [6.07, 6.45) is -4.50. The summed E-state index contributed by atoms with van der Waals surface area (Å²) in [5.41, 5.74) is -1.27. The summed E-state index contributed by atoms with van der Waals surface area (Å²) in [4.78, 5) is 3.50. The van der Waals surface area contributed by atoms with Gasteiger partial charge in [-0.25, -0.2) is 4.98 Å². The lowest BCUT2D eigenvalue weighted by molar-refractivity contribution is -0.137. The van der Waals surface area contributed by atoms with Crippen molar-refractivity contribution >= 4 is 0 Å². The number of pyridine rings is 1. The molecule has 1 heterocycles. The van der Waals surface area contributed by atoms with Crippen molar-refractivity contribution in [3.63, 3.8) is 0 Å². The van der Waals surface area contributed by atoms with Crippen LogP contribution in [0.5, 0.6) is 5.88 Å². The fourth-order valence-corrected chi connectivity index (χ4v) is 0.831. The average molecular weight is 202 g/mol. The first-order valence-electron chi connectivity index (χ1n) is 3.50. The van der Waals surface area contributed by atoms with E-state index in [0.717, 1.165) is 6.07 Å². The molecule has 74 valence electrons. The Hall–Kier alpha value is -1.77. The van der Waals surface area contributed by atoms with Crippen molar-refractivity contribution in [1.29, 1.82) is 5.26 Å². The Balaban J connectivity index is 3.26. The minimum Gasteiger partial charge on any atom is -0.481 e. The Morgan fingerprint density at radius 1 is 1.43 bits per heavy atom. The summed E-state index contributed by atoms with van der Waals surface area (Å²) in [6.45, 7) is 0. The van der Waals surface area contributed by atoms with Gasteiger partial charge in [0.15, 0.2) is 0 Å². The van der Waals surface area contributed by atoms with Crippen molar-refractivity contribution in [1.82, 2.24) is 4.98 Å². The third kappa shape index (κ3) is 2.13. The maximum atomic E-state index is 12.2. The smallest absolute Gasteiger partial charge is 0.416 e. The molecule has 0 aliphatic heterocycles. The SMILES string of the molecule is COc1cc(C(F)(F)F)cc(C#N)n1. The molecule has 0 saturated heterocycles. The van der Waals surface area contributed by atoms with Crippen LogP contribution in [0.25, 0.3) is 0 Å². The third-order valence-electron chi connectivity index (χ3n) is 1.45. The zero-order chi connectivity index (χ0) is 10.8. The molecule has 0 radical (unpaired) electrons. The van der Waals surface area contributed by atoms with Crippen LogP contribution in [-0.4, -0.2) is 12.1 Å². The molecule has 1 aromatic rings. The Morgan fingerprint density at radius 3 is 2.50 bits per heavy atom. The van der Waals surface area contributed by atoms with Crippen molar-refractivity contribution in [3.8, 4) is 11.9 Å². The standard InChI is InChI=1S/C8H5F3N2O/c1-14-7-3-5(8(9,10)11)2-6(4-12)13-7/h2-3H,1H3. The van der Waals surface area contributed by atoms with Gasteiger partial charge in [-0.15, -0.1) is 0 Å². The molecule has 0 bridgehead atoms. The maximum absolute atomic E-state index is 12.2. The van der Waals surface area contributed by atoms with Gasteiger partial charge in [0.25, 0.3) is 0 Å². The average Bonchev–Trinajstić information content (AvgIpc) is 2.15. The van der Waals surface area contributed by atoms with E-state index in [9.17, 15) is 13.2 Å². The van der Waals surface area contributed by atoms with Gasteiger partial charge in [-0.2, -0.15) is 18.4 Å². The van der Waals surface area contributed by atoms with Crippen LogP contribution in [0.2, 0.25) is 0 Å².